The second-order valence-electron chi connectivity index (χ2n) is 5.94. The maximum absolute atomic E-state index is 11.9. The van der Waals surface area contributed by atoms with Gasteiger partial charge in [-0.1, -0.05) is 45.4 Å². The fraction of sp³-hybridized carbons (Fsp3) is 0.524. The van der Waals surface area contributed by atoms with E-state index >= 15 is 0 Å². The van der Waals surface area contributed by atoms with Crippen LogP contribution in [0.5, 0.6) is 0 Å². The number of esters is 2. The summed E-state index contributed by atoms with van der Waals surface area (Å²) in [7, 11) is 2.20. The standard InChI is InChI=1S/C16H22O4.C5H12O3Si/c1-3-5-11-19-15(17)13-9-7-8-10-14(13)16(18)20-12-6-4-2;1-5-9(6-2,7-3)8-4/h7-10H,3-6,11-12H2,1-2H3;5H,1H2,2-4H3. The van der Waals surface area contributed by atoms with Gasteiger partial charge in [0.2, 0.25) is 0 Å². The maximum atomic E-state index is 11.9. The third kappa shape index (κ3) is 9.84. The molecule has 8 heteroatoms. The predicted molar refractivity (Wildman–Crippen MR) is 114 cm³/mol. The average Bonchev–Trinajstić information content (AvgIpc) is 2.76. The monoisotopic (exact) mass is 426 g/mol. The Hall–Kier alpha value is -2.00. The second kappa shape index (κ2) is 15.9. The first-order valence-electron chi connectivity index (χ1n) is 9.67. The molecule has 1 aromatic rings. The maximum Gasteiger partial charge on any atom is 0.528 e. The highest BCUT2D eigenvalue weighted by Crippen LogP contribution is 2.12. The van der Waals surface area contributed by atoms with Gasteiger partial charge in [0.15, 0.2) is 0 Å². The minimum absolute atomic E-state index is 0.269. The predicted octanol–water partition coefficient (Wildman–Crippen LogP) is 4.19. The van der Waals surface area contributed by atoms with Crippen LogP contribution < -0.4 is 0 Å². The highest BCUT2D eigenvalue weighted by Gasteiger charge is 2.33. The van der Waals surface area contributed by atoms with E-state index in [1.807, 2.05) is 13.8 Å². The van der Waals surface area contributed by atoms with Gasteiger partial charge in [0.25, 0.3) is 0 Å². The molecule has 164 valence electrons. The fourth-order valence-corrected chi connectivity index (χ4v) is 3.11. The second-order valence-corrected chi connectivity index (χ2v) is 8.78. The third-order valence-electron chi connectivity index (χ3n) is 3.93. The SMILES string of the molecule is C=C[Si](OC)(OC)OC.CCCCOC(=O)c1ccccc1C(=O)OCCCC. The summed E-state index contributed by atoms with van der Waals surface area (Å²) >= 11 is 0. The van der Waals surface area contributed by atoms with Gasteiger partial charge in [0, 0.05) is 21.3 Å². The lowest BCUT2D eigenvalue weighted by atomic mass is 10.1. The Bertz CT molecular complexity index is 566. The Morgan fingerprint density at radius 2 is 1.24 bits per heavy atom. The molecular formula is C21H34O7Si. The molecule has 0 N–H and O–H groups in total. The van der Waals surface area contributed by atoms with E-state index in [0.29, 0.717) is 13.2 Å². The number of unbranched alkanes of at least 4 members (excludes halogenated alkanes) is 2. The van der Waals surface area contributed by atoms with Gasteiger partial charge in [-0.3, -0.25) is 0 Å². The third-order valence-corrected chi connectivity index (χ3v) is 6.14. The molecular weight excluding hydrogens is 392 g/mol. The van der Waals surface area contributed by atoms with Crippen LogP contribution in [0.2, 0.25) is 0 Å². The first-order chi connectivity index (χ1) is 13.9. The lowest BCUT2D eigenvalue weighted by Gasteiger charge is -2.19. The van der Waals surface area contributed by atoms with Gasteiger partial charge >= 0.3 is 20.7 Å². The van der Waals surface area contributed by atoms with Crippen molar-refractivity contribution in [2.24, 2.45) is 0 Å². The van der Waals surface area contributed by atoms with E-state index in [-0.39, 0.29) is 11.1 Å². The lowest BCUT2D eigenvalue weighted by molar-refractivity contribution is 0.0452. The molecule has 0 atom stereocenters. The van der Waals surface area contributed by atoms with Crippen LogP contribution in [-0.4, -0.2) is 55.3 Å². The molecule has 0 spiro atoms. The summed E-state index contributed by atoms with van der Waals surface area (Å²) in [5, 5.41) is 0. The Kier molecular flexibility index (Phi) is 14.8. The minimum atomic E-state index is -2.43. The molecule has 0 aromatic heterocycles. The van der Waals surface area contributed by atoms with E-state index in [4.69, 9.17) is 22.8 Å². The number of rotatable bonds is 12. The molecule has 0 aliphatic carbocycles. The summed E-state index contributed by atoms with van der Waals surface area (Å²) < 4.78 is 25.2. The van der Waals surface area contributed by atoms with Crippen molar-refractivity contribution in [2.45, 2.75) is 39.5 Å². The van der Waals surface area contributed by atoms with Crippen LogP contribution in [0.25, 0.3) is 0 Å². The van der Waals surface area contributed by atoms with Gasteiger partial charge in [-0.2, -0.15) is 0 Å². The van der Waals surface area contributed by atoms with Crippen LogP contribution in [-0.2, 0) is 22.8 Å². The van der Waals surface area contributed by atoms with Crippen molar-refractivity contribution >= 4 is 20.7 Å². The van der Waals surface area contributed by atoms with Crippen LogP contribution in [0.15, 0.2) is 36.5 Å². The number of hydrogen-bond donors (Lipinski definition) is 0. The molecule has 0 amide bonds. The molecule has 0 radical (unpaired) electrons. The molecule has 0 heterocycles. The number of benzene rings is 1. The molecule has 0 fully saturated rings. The van der Waals surface area contributed by atoms with Crippen molar-refractivity contribution in [3.63, 3.8) is 0 Å². The zero-order valence-corrected chi connectivity index (χ0v) is 19.2. The highest BCUT2D eigenvalue weighted by atomic mass is 28.4. The summed E-state index contributed by atoms with van der Waals surface area (Å²) in [6.45, 7) is 8.31. The molecule has 7 nitrogen and oxygen atoms in total. The van der Waals surface area contributed by atoms with Crippen molar-refractivity contribution in [3.05, 3.63) is 47.7 Å². The van der Waals surface area contributed by atoms with Crippen molar-refractivity contribution in [2.75, 3.05) is 34.5 Å². The van der Waals surface area contributed by atoms with Gasteiger partial charge in [0.1, 0.15) is 0 Å². The summed E-state index contributed by atoms with van der Waals surface area (Å²) in [5.74, 6) is -0.942. The van der Waals surface area contributed by atoms with Crippen molar-refractivity contribution < 1.29 is 32.3 Å². The molecule has 1 rings (SSSR count). The zero-order valence-electron chi connectivity index (χ0n) is 18.2. The van der Waals surface area contributed by atoms with Crippen molar-refractivity contribution in [1.82, 2.24) is 0 Å². The Morgan fingerprint density at radius 1 is 0.862 bits per heavy atom. The lowest BCUT2D eigenvalue weighted by Crippen LogP contribution is -2.40. The quantitative estimate of drug-likeness (QED) is 0.282. The topological polar surface area (TPSA) is 80.3 Å². The number of ether oxygens (including phenoxy) is 2. The smallest absolute Gasteiger partial charge is 0.462 e. The van der Waals surface area contributed by atoms with Crippen LogP contribution in [0, 0.1) is 0 Å². The van der Waals surface area contributed by atoms with Gasteiger partial charge in [-0.15, -0.1) is 0 Å². The highest BCUT2D eigenvalue weighted by molar-refractivity contribution is 6.66. The molecule has 0 unspecified atom stereocenters. The van der Waals surface area contributed by atoms with E-state index in [9.17, 15) is 9.59 Å². The van der Waals surface area contributed by atoms with Crippen molar-refractivity contribution in [3.8, 4) is 0 Å². The molecule has 1 aromatic carbocycles. The van der Waals surface area contributed by atoms with Crippen LogP contribution in [0.4, 0.5) is 0 Å². The Labute approximate surface area is 175 Å². The van der Waals surface area contributed by atoms with E-state index in [1.165, 1.54) is 0 Å². The summed E-state index contributed by atoms with van der Waals surface area (Å²) in [6, 6.07) is 6.59. The van der Waals surface area contributed by atoms with Gasteiger partial charge in [-0.05, 0) is 30.7 Å². The summed E-state index contributed by atoms with van der Waals surface area (Å²) in [6.07, 6.45) is 3.53. The van der Waals surface area contributed by atoms with E-state index < -0.39 is 20.7 Å². The van der Waals surface area contributed by atoms with Crippen LogP contribution in [0.3, 0.4) is 0 Å². The van der Waals surface area contributed by atoms with Gasteiger partial charge in [0.05, 0.1) is 24.3 Å². The fourth-order valence-electron chi connectivity index (χ4n) is 2.11. The zero-order chi connectivity index (χ0) is 22.1. The first kappa shape index (κ1) is 27.0. The number of carbonyl (C=O) groups is 2. The molecule has 0 aliphatic heterocycles. The van der Waals surface area contributed by atoms with E-state index in [1.54, 1.807) is 51.3 Å². The van der Waals surface area contributed by atoms with Gasteiger partial charge in [-0.25, -0.2) is 9.59 Å². The van der Waals surface area contributed by atoms with Gasteiger partial charge < -0.3 is 22.8 Å². The normalized spacial score (nSPS) is 10.5. The minimum Gasteiger partial charge on any atom is -0.462 e. The van der Waals surface area contributed by atoms with Crippen molar-refractivity contribution in [1.29, 1.82) is 0 Å². The summed E-state index contributed by atoms with van der Waals surface area (Å²) in [4.78, 5) is 23.9. The largest absolute Gasteiger partial charge is 0.528 e. The van der Waals surface area contributed by atoms with Crippen LogP contribution >= 0.6 is 0 Å². The molecule has 0 bridgehead atoms. The van der Waals surface area contributed by atoms with E-state index in [0.717, 1.165) is 25.7 Å². The molecule has 0 saturated heterocycles. The summed E-state index contributed by atoms with van der Waals surface area (Å²) in [5.41, 5.74) is 2.11. The first-order valence-corrected chi connectivity index (χ1v) is 11.5. The van der Waals surface area contributed by atoms with Crippen LogP contribution in [0.1, 0.15) is 60.2 Å². The Morgan fingerprint density at radius 3 is 1.48 bits per heavy atom. The molecule has 0 aliphatic rings. The number of carbonyl (C=O) groups excluding carboxylic acids is 2. The number of hydrogen-bond acceptors (Lipinski definition) is 7. The molecule has 29 heavy (non-hydrogen) atoms. The van der Waals surface area contributed by atoms with E-state index in [2.05, 4.69) is 6.58 Å². The average molecular weight is 427 g/mol. The molecule has 0 saturated carbocycles. The Balaban J connectivity index is 0.000000734.